The van der Waals surface area contributed by atoms with Crippen LogP contribution in [0.25, 0.3) is 0 Å². The predicted octanol–water partition coefficient (Wildman–Crippen LogP) is 3.39. The molecule has 0 aliphatic rings. The van der Waals surface area contributed by atoms with E-state index in [0.29, 0.717) is 12.3 Å². The van der Waals surface area contributed by atoms with Crippen molar-refractivity contribution in [2.45, 2.75) is 6.54 Å². The third-order valence-corrected chi connectivity index (χ3v) is 2.59. The van der Waals surface area contributed by atoms with Crippen molar-refractivity contribution in [3.63, 3.8) is 0 Å². The molecule has 1 N–H and O–H groups in total. The lowest BCUT2D eigenvalue weighted by Crippen LogP contribution is -2.05. The van der Waals surface area contributed by atoms with E-state index in [0.717, 1.165) is 5.56 Å². The fraction of sp³-hybridized carbons (Fsp3) is 0.154. The zero-order chi connectivity index (χ0) is 13.0. The van der Waals surface area contributed by atoms with Crippen molar-refractivity contribution in [2.75, 3.05) is 7.05 Å². The van der Waals surface area contributed by atoms with E-state index in [2.05, 4.69) is 10.3 Å². The lowest BCUT2D eigenvalue weighted by Gasteiger charge is -2.08. The summed E-state index contributed by atoms with van der Waals surface area (Å²) in [6.45, 7) is 0.669. The smallest absolute Gasteiger partial charge is 0.184 e. The highest BCUT2D eigenvalue weighted by atomic mass is 35.5. The molecule has 0 bridgehead atoms. The van der Waals surface area contributed by atoms with Crippen LogP contribution >= 0.6 is 11.6 Å². The van der Waals surface area contributed by atoms with Crippen molar-refractivity contribution in [3.05, 3.63) is 53.1 Å². The summed E-state index contributed by atoms with van der Waals surface area (Å²) in [5.41, 5.74) is 0.956. The molecule has 3 nitrogen and oxygen atoms in total. The van der Waals surface area contributed by atoms with E-state index in [1.165, 1.54) is 18.3 Å². The molecule has 94 valence electrons. The van der Waals surface area contributed by atoms with Crippen LogP contribution in [0.5, 0.6) is 11.5 Å². The number of hydrogen-bond donors (Lipinski definition) is 1. The van der Waals surface area contributed by atoms with Gasteiger partial charge in [0, 0.05) is 12.7 Å². The molecule has 0 saturated carbocycles. The molecule has 1 aromatic heterocycles. The summed E-state index contributed by atoms with van der Waals surface area (Å²) in [6, 6.07) is 6.42. The maximum Gasteiger partial charge on any atom is 0.184 e. The standard InChI is InChI=1S/C13H12ClFN2O/c1-16-6-9-5-10(8-17-7-9)18-12-4-2-3-11(14)13(12)15/h2-5,7-8,16H,6H2,1H3. The van der Waals surface area contributed by atoms with Crippen LogP contribution in [0.2, 0.25) is 5.02 Å². The summed E-state index contributed by atoms with van der Waals surface area (Å²) in [5.74, 6) is -0.00647. The molecular weight excluding hydrogens is 255 g/mol. The summed E-state index contributed by atoms with van der Waals surface area (Å²) in [5, 5.41) is 3.04. The molecule has 0 unspecified atom stereocenters. The molecule has 1 aromatic carbocycles. The van der Waals surface area contributed by atoms with Crippen LogP contribution in [0, 0.1) is 5.82 Å². The second-order valence-corrected chi connectivity index (χ2v) is 4.12. The van der Waals surface area contributed by atoms with Gasteiger partial charge in [0.05, 0.1) is 11.2 Å². The second-order valence-electron chi connectivity index (χ2n) is 3.71. The van der Waals surface area contributed by atoms with Crippen LogP contribution in [0.4, 0.5) is 4.39 Å². The van der Waals surface area contributed by atoms with Crippen molar-refractivity contribution >= 4 is 11.6 Å². The summed E-state index contributed by atoms with van der Waals surface area (Å²) in [6.07, 6.45) is 3.25. The molecule has 2 rings (SSSR count). The fourth-order valence-electron chi connectivity index (χ4n) is 1.51. The minimum absolute atomic E-state index is 0.0341. The van der Waals surface area contributed by atoms with Crippen molar-refractivity contribution < 1.29 is 9.13 Å². The quantitative estimate of drug-likeness (QED) is 0.921. The van der Waals surface area contributed by atoms with Crippen LogP contribution in [0.3, 0.4) is 0 Å². The Morgan fingerprint density at radius 1 is 1.39 bits per heavy atom. The van der Waals surface area contributed by atoms with E-state index in [-0.39, 0.29) is 10.8 Å². The van der Waals surface area contributed by atoms with Gasteiger partial charge in [0.2, 0.25) is 0 Å². The molecule has 0 radical (unpaired) electrons. The molecule has 0 atom stereocenters. The maximum atomic E-state index is 13.6. The first-order valence-corrected chi connectivity index (χ1v) is 5.79. The third kappa shape index (κ3) is 2.97. The van der Waals surface area contributed by atoms with Gasteiger partial charge in [-0.2, -0.15) is 0 Å². The number of nitrogens with one attached hydrogen (secondary N) is 1. The first-order valence-electron chi connectivity index (χ1n) is 5.41. The van der Waals surface area contributed by atoms with Crippen LogP contribution < -0.4 is 10.1 Å². The summed E-state index contributed by atoms with van der Waals surface area (Å²) in [4.78, 5) is 4.03. The topological polar surface area (TPSA) is 34.2 Å². The van der Waals surface area contributed by atoms with Gasteiger partial charge in [-0.1, -0.05) is 17.7 Å². The van der Waals surface area contributed by atoms with E-state index in [4.69, 9.17) is 16.3 Å². The third-order valence-electron chi connectivity index (χ3n) is 2.29. The SMILES string of the molecule is CNCc1cncc(Oc2cccc(Cl)c2F)c1. The summed E-state index contributed by atoms with van der Waals surface area (Å²) < 4.78 is 19.1. The monoisotopic (exact) mass is 266 g/mol. The molecule has 1 heterocycles. The second kappa shape index (κ2) is 5.80. The zero-order valence-corrected chi connectivity index (χ0v) is 10.5. The van der Waals surface area contributed by atoms with Crippen molar-refractivity contribution in [1.29, 1.82) is 0 Å². The average molecular weight is 267 g/mol. The number of nitrogens with zero attached hydrogens (tertiary/aromatic N) is 1. The molecular formula is C13H12ClFN2O. The Labute approximate surface area is 110 Å². The van der Waals surface area contributed by atoms with Gasteiger partial charge in [0.25, 0.3) is 0 Å². The maximum absolute atomic E-state index is 13.6. The zero-order valence-electron chi connectivity index (χ0n) is 9.78. The number of hydrogen-bond acceptors (Lipinski definition) is 3. The Hall–Kier alpha value is -1.65. The highest BCUT2D eigenvalue weighted by molar-refractivity contribution is 6.30. The summed E-state index contributed by atoms with van der Waals surface area (Å²) >= 11 is 5.68. The molecule has 0 aliphatic heterocycles. The Kier molecular flexibility index (Phi) is 4.12. The van der Waals surface area contributed by atoms with E-state index in [1.807, 2.05) is 7.05 Å². The van der Waals surface area contributed by atoms with E-state index in [9.17, 15) is 4.39 Å². The number of ether oxygens (including phenoxy) is 1. The Morgan fingerprint density at radius 3 is 3.00 bits per heavy atom. The number of aromatic nitrogens is 1. The average Bonchev–Trinajstić information content (AvgIpc) is 2.36. The van der Waals surface area contributed by atoms with Crippen LogP contribution in [0.15, 0.2) is 36.7 Å². The number of benzene rings is 1. The van der Waals surface area contributed by atoms with E-state index < -0.39 is 5.82 Å². The Balaban J connectivity index is 2.23. The van der Waals surface area contributed by atoms with Gasteiger partial charge in [0.1, 0.15) is 5.75 Å². The van der Waals surface area contributed by atoms with Gasteiger partial charge in [-0.15, -0.1) is 0 Å². The molecule has 2 aromatic rings. The number of rotatable bonds is 4. The van der Waals surface area contributed by atoms with Crippen molar-refractivity contribution in [1.82, 2.24) is 10.3 Å². The van der Waals surface area contributed by atoms with Gasteiger partial charge < -0.3 is 10.1 Å². The fourth-order valence-corrected chi connectivity index (χ4v) is 1.68. The van der Waals surface area contributed by atoms with Crippen LogP contribution in [-0.4, -0.2) is 12.0 Å². The van der Waals surface area contributed by atoms with Gasteiger partial charge in [-0.25, -0.2) is 4.39 Å². The minimum Gasteiger partial charge on any atom is -0.453 e. The highest BCUT2D eigenvalue weighted by Crippen LogP contribution is 2.28. The molecule has 0 aliphatic carbocycles. The van der Waals surface area contributed by atoms with Gasteiger partial charge in [-0.05, 0) is 30.8 Å². The first-order chi connectivity index (χ1) is 8.70. The minimum atomic E-state index is -0.571. The molecule has 0 saturated heterocycles. The lowest BCUT2D eigenvalue weighted by molar-refractivity contribution is 0.440. The van der Waals surface area contributed by atoms with Crippen molar-refractivity contribution in [3.8, 4) is 11.5 Å². The van der Waals surface area contributed by atoms with E-state index in [1.54, 1.807) is 18.3 Å². The lowest BCUT2D eigenvalue weighted by atomic mass is 10.3. The van der Waals surface area contributed by atoms with Gasteiger partial charge in [-0.3, -0.25) is 4.98 Å². The molecule has 18 heavy (non-hydrogen) atoms. The van der Waals surface area contributed by atoms with Crippen molar-refractivity contribution in [2.24, 2.45) is 0 Å². The summed E-state index contributed by atoms with van der Waals surface area (Å²) in [7, 11) is 1.84. The normalized spacial score (nSPS) is 10.4. The molecule has 0 fully saturated rings. The van der Waals surface area contributed by atoms with Crippen LogP contribution in [-0.2, 0) is 6.54 Å². The van der Waals surface area contributed by atoms with Gasteiger partial charge in [0.15, 0.2) is 11.6 Å². The van der Waals surface area contributed by atoms with E-state index >= 15 is 0 Å². The predicted molar refractivity (Wildman–Crippen MR) is 68.5 cm³/mol. The largest absolute Gasteiger partial charge is 0.453 e. The molecule has 0 spiro atoms. The number of pyridine rings is 1. The molecule has 0 amide bonds. The van der Waals surface area contributed by atoms with Gasteiger partial charge >= 0.3 is 0 Å². The van der Waals surface area contributed by atoms with Crippen LogP contribution in [0.1, 0.15) is 5.56 Å². The Bertz CT molecular complexity index is 548. The first kappa shape index (κ1) is 12.8. The number of halogens is 2. The Morgan fingerprint density at radius 2 is 2.22 bits per heavy atom. The molecule has 5 heteroatoms. The highest BCUT2D eigenvalue weighted by Gasteiger charge is 2.08.